The van der Waals surface area contributed by atoms with E-state index >= 15 is 0 Å². The van der Waals surface area contributed by atoms with Crippen LogP contribution in [0.2, 0.25) is 0 Å². The molecule has 1 saturated carbocycles. The lowest BCUT2D eigenvalue weighted by atomic mass is 10.2. The number of hydrogen-bond donors (Lipinski definition) is 3. The normalized spacial score (nSPS) is 14.2. The van der Waals surface area contributed by atoms with E-state index in [-0.39, 0.29) is 11.5 Å². The maximum atomic E-state index is 11.7. The van der Waals surface area contributed by atoms with Crippen molar-refractivity contribution in [3.63, 3.8) is 0 Å². The van der Waals surface area contributed by atoms with Gasteiger partial charge in [0.15, 0.2) is 0 Å². The minimum Gasteiger partial charge on any atom is -0.478 e. The topological polar surface area (TPSA) is 78.4 Å². The molecule has 0 radical (unpaired) electrons. The second-order valence-corrected chi connectivity index (χ2v) is 5.38. The zero-order valence-corrected chi connectivity index (χ0v) is 11.9. The molecule has 3 N–H and O–H groups in total. The molecule has 0 spiro atoms. The average molecular weight is 327 g/mol. The van der Waals surface area contributed by atoms with E-state index in [9.17, 15) is 9.59 Å². The molecule has 1 amide bonds. The van der Waals surface area contributed by atoms with Gasteiger partial charge in [-0.15, -0.1) is 0 Å². The zero-order chi connectivity index (χ0) is 13.8. The fourth-order valence-electron chi connectivity index (χ4n) is 1.67. The van der Waals surface area contributed by atoms with E-state index in [4.69, 9.17) is 5.11 Å². The molecule has 102 valence electrons. The molecule has 1 aromatic rings. The number of halogens is 1. The minimum absolute atomic E-state index is 0.119. The number of carboxylic acid groups (broad SMARTS) is 1. The number of carbonyl (C=O) groups is 2. The summed E-state index contributed by atoms with van der Waals surface area (Å²) >= 11 is 3.16. The smallest absolute Gasteiger partial charge is 0.336 e. The van der Waals surface area contributed by atoms with Crippen LogP contribution in [0.5, 0.6) is 0 Å². The Morgan fingerprint density at radius 2 is 2.11 bits per heavy atom. The highest BCUT2D eigenvalue weighted by atomic mass is 79.9. The summed E-state index contributed by atoms with van der Waals surface area (Å²) in [5, 5.41) is 14.9. The first kappa shape index (κ1) is 14.0. The predicted molar refractivity (Wildman–Crippen MR) is 75.4 cm³/mol. The van der Waals surface area contributed by atoms with Gasteiger partial charge in [0.1, 0.15) is 0 Å². The van der Waals surface area contributed by atoms with E-state index in [0.717, 1.165) is 0 Å². The van der Waals surface area contributed by atoms with Gasteiger partial charge in [0.25, 0.3) is 0 Å². The van der Waals surface area contributed by atoms with Gasteiger partial charge in [-0.1, -0.05) is 0 Å². The molecule has 1 aromatic carbocycles. The Balaban J connectivity index is 1.88. The number of aromatic carboxylic acids is 1. The van der Waals surface area contributed by atoms with Gasteiger partial charge in [0, 0.05) is 29.2 Å². The van der Waals surface area contributed by atoms with Crippen molar-refractivity contribution in [3.8, 4) is 0 Å². The minimum atomic E-state index is -1.03. The molecular weight excluding hydrogens is 312 g/mol. The van der Waals surface area contributed by atoms with Crippen molar-refractivity contribution >= 4 is 33.5 Å². The SMILES string of the molecule is O=C(CCNC1CC1)Nc1ccc(Br)c(C(=O)O)c1. The fraction of sp³-hybridized carbons (Fsp3) is 0.385. The van der Waals surface area contributed by atoms with Crippen LogP contribution in [0.4, 0.5) is 5.69 Å². The lowest BCUT2D eigenvalue weighted by molar-refractivity contribution is -0.116. The van der Waals surface area contributed by atoms with Crippen molar-refractivity contribution in [3.05, 3.63) is 28.2 Å². The van der Waals surface area contributed by atoms with Gasteiger partial charge < -0.3 is 15.7 Å². The maximum Gasteiger partial charge on any atom is 0.336 e. The van der Waals surface area contributed by atoms with Crippen molar-refractivity contribution in [2.24, 2.45) is 0 Å². The Hall–Kier alpha value is -1.40. The van der Waals surface area contributed by atoms with Crippen LogP contribution in [0.1, 0.15) is 29.6 Å². The average Bonchev–Trinajstić information content (AvgIpc) is 3.15. The van der Waals surface area contributed by atoms with Crippen molar-refractivity contribution in [1.82, 2.24) is 5.32 Å². The number of amides is 1. The fourth-order valence-corrected chi connectivity index (χ4v) is 2.08. The molecule has 0 atom stereocenters. The van der Waals surface area contributed by atoms with Gasteiger partial charge in [-0.2, -0.15) is 0 Å². The summed E-state index contributed by atoms with van der Waals surface area (Å²) in [4.78, 5) is 22.6. The molecule has 5 nitrogen and oxygen atoms in total. The highest BCUT2D eigenvalue weighted by Gasteiger charge is 2.20. The quantitative estimate of drug-likeness (QED) is 0.749. The highest BCUT2D eigenvalue weighted by molar-refractivity contribution is 9.10. The van der Waals surface area contributed by atoms with Crippen molar-refractivity contribution in [2.45, 2.75) is 25.3 Å². The summed E-state index contributed by atoms with van der Waals surface area (Å²) in [7, 11) is 0. The van der Waals surface area contributed by atoms with Crippen molar-refractivity contribution in [1.29, 1.82) is 0 Å². The molecule has 0 aromatic heterocycles. The van der Waals surface area contributed by atoms with Crippen molar-refractivity contribution < 1.29 is 14.7 Å². The second kappa shape index (κ2) is 6.16. The summed E-state index contributed by atoms with van der Waals surface area (Å²) in [6, 6.07) is 5.31. The molecule has 1 aliphatic carbocycles. The second-order valence-electron chi connectivity index (χ2n) is 4.53. The lowest BCUT2D eigenvalue weighted by Crippen LogP contribution is -2.23. The lowest BCUT2D eigenvalue weighted by Gasteiger charge is -2.07. The van der Waals surface area contributed by atoms with Crippen LogP contribution in [0.15, 0.2) is 22.7 Å². The molecule has 0 unspecified atom stereocenters. The number of anilines is 1. The summed E-state index contributed by atoms with van der Waals surface area (Å²) in [5.41, 5.74) is 0.630. The first-order valence-electron chi connectivity index (χ1n) is 6.12. The van der Waals surface area contributed by atoms with E-state index in [0.29, 0.717) is 29.2 Å². The van der Waals surface area contributed by atoms with Gasteiger partial charge in [-0.3, -0.25) is 4.79 Å². The molecule has 6 heteroatoms. The predicted octanol–water partition coefficient (Wildman–Crippen LogP) is 2.23. The molecule has 1 fully saturated rings. The number of rotatable bonds is 6. The molecule has 0 heterocycles. The number of carboxylic acids is 1. The van der Waals surface area contributed by atoms with Crippen LogP contribution >= 0.6 is 15.9 Å². The van der Waals surface area contributed by atoms with Crippen LogP contribution in [0, 0.1) is 0 Å². The van der Waals surface area contributed by atoms with Gasteiger partial charge in [0.05, 0.1) is 5.56 Å². The monoisotopic (exact) mass is 326 g/mol. The number of hydrogen-bond acceptors (Lipinski definition) is 3. The van der Waals surface area contributed by atoms with Gasteiger partial charge >= 0.3 is 5.97 Å². The van der Waals surface area contributed by atoms with Gasteiger partial charge in [0.2, 0.25) is 5.91 Å². The molecule has 0 saturated heterocycles. The first-order chi connectivity index (χ1) is 9.06. The third-order valence-corrected chi connectivity index (χ3v) is 3.53. The maximum absolute atomic E-state index is 11.7. The van der Waals surface area contributed by atoms with E-state index in [2.05, 4.69) is 26.6 Å². The Labute approximate surface area is 119 Å². The Morgan fingerprint density at radius 3 is 2.74 bits per heavy atom. The van der Waals surface area contributed by atoms with Gasteiger partial charge in [-0.25, -0.2) is 4.79 Å². The number of benzene rings is 1. The largest absolute Gasteiger partial charge is 0.478 e. The van der Waals surface area contributed by atoms with E-state index < -0.39 is 5.97 Å². The molecule has 1 aliphatic rings. The third kappa shape index (κ3) is 4.33. The summed E-state index contributed by atoms with van der Waals surface area (Å²) < 4.78 is 0.494. The van der Waals surface area contributed by atoms with Crippen LogP contribution in [-0.4, -0.2) is 29.6 Å². The van der Waals surface area contributed by atoms with Gasteiger partial charge in [-0.05, 0) is 47.0 Å². The third-order valence-electron chi connectivity index (χ3n) is 2.84. The van der Waals surface area contributed by atoms with Crippen LogP contribution in [0.3, 0.4) is 0 Å². The van der Waals surface area contributed by atoms with E-state index in [1.54, 1.807) is 12.1 Å². The summed E-state index contributed by atoms with van der Waals surface area (Å²) in [6.07, 6.45) is 2.77. The zero-order valence-electron chi connectivity index (χ0n) is 10.3. The standard InChI is InChI=1S/C13H15BrN2O3/c14-11-4-3-9(7-10(11)13(18)19)16-12(17)5-6-15-8-1-2-8/h3-4,7-8,15H,1-2,5-6H2,(H,16,17)(H,18,19). The first-order valence-corrected chi connectivity index (χ1v) is 6.91. The molecule has 0 bridgehead atoms. The molecular formula is C13H15BrN2O3. The molecule has 19 heavy (non-hydrogen) atoms. The summed E-state index contributed by atoms with van der Waals surface area (Å²) in [6.45, 7) is 0.652. The molecule has 2 rings (SSSR count). The number of nitrogens with one attached hydrogen (secondary N) is 2. The highest BCUT2D eigenvalue weighted by Crippen LogP contribution is 2.21. The summed E-state index contributed by atoms with van der Waals surface area (Å²) in [5.74, 6) is -1.15. The van der Waals surface area contributed by atoms with E-state index in [1.165, 1.54) is 18.9 Å². The Bertz CT molecular complexity index is 501. The van der Waals surface area contributed by atoms with Crippen LogP contribution in [-0.2, 0) is 4.79 Å². The van der Waals surface area contributed by atoms with Crippen molar-refractivity contribution in [2.75, 3.05) is 11.9 Å². The van der Waals surface area contributed by atoms with E-state index in [1.807, 2.05) is 0 Å². The van der Waals surface area contributed by atoms with Crippen LogP contribution < -0.4 is 10.6 Å². The van der Waals surface area contributed by atoms with Crippen LogP contribution in [0.25, 0.3) is 0 Å². The Morgan fingerprint density at radius 1 is 1.37 bits per heavy atom. The number of carbonyl (C=O) groups excluding carboxylic acids is 1. The molecule has 0 aliphatic heterocycles. The Kier molecular flexibility index (Phi) is 4.55.